The number of aliphatic hydroxyl groups is 1. The smallest absolute Gasteiger partial charge is 0.0790 e. The second-order valence-electron chi connectivity index (χ2n) is 6.71. The summed E-state index contributed by atoms with van der Waals surface area (Å²) in [6, 6.07) is 8.64. The number of aryl methyl sites for hydroxylation is 1. The maximum atomic E-state index is 9.97. The van der Waals surface area contributed by atoms with Crippen LogP contribution < -0.4 is 0 Å². The standard InChI is InChI=1S/C19H30O/c1-3-4-19(20)18-13-11-17(12-14-18)10-9-16-7-5-15(2)6-8-16/h11-16,19-20H,3-10H2,1-2H3. The van der Waals surface area contributed by atoms with E-state index in [9.17, 15) is 5.11 Å². The normalized spacial score (nSPS) is 24.6. The zero-order chi connectivity index (χ0) is 14.4. The summed E-state index contributed by atoms with van der Waals surface area (Å²) >= 11 is 0. The lowest BCUT2D eigenvalue weighted by Crippen LogP contribution is -2.12. The van der Waals surface area contributed by atoms with Gasteiger partial charge in [0.15, 0.2) is 0 Å². The molecule has 1 aromatic rings. The highest BCUT2D eigenvalue weighted by Gasteiger charge is 2.17. The average molecular weight is 274 g/mol. The Labute approximate surface area is 124 Å². The maximum absolute atomic E-state index is 9.97. The van der Waals surface area contributed by atoms with Crippen molar-refractivity contribution in [1.29, 1.82) is 0 Å². The second kappa shape index (κ2) is 7.83. The minimum absolute atomic E-state index is 0.283. The van der Waals surface area contributed by atoms with Crippen molar-refractivity contribution in [3.8, 4) is 0 Å². The molecule has 0 bridgehead atoms. The zero-order valence-corrected chi connectivity index (χ0v) is 13.1. The van der Waals surface area contributed by atoms with Gasteiger partial charge in [-0.3, -0.25) is 0 Å². The molecule has 0 saturated heterocycles. The van der Waals surface area contributed by atoms with Gasteiger partial charge in [0.1, 0.15) is 0 Å². The van der Waals surface area contributed by atoms with Crippen molar-refractivity contribution in [2.24, 2.45) is 11.8 Å². The Morgan fingerprint density at radius 2 is 1.75 bits per heavy atom. The van der Waals surface area contributed by atoms with Gasteiger partial charge in [0.25, 0.3) is 0 Å². The summed E-state index contributed by atoms with van der Waals surface area (Å²) in [5.74, 6) is 1.89. The van der Waals surface area contributed by atoms with Crippen LogP contribution in [0.1, 0.15) is 76.0 Å². The van der Waals surface area contributed by atoms with E-state index in [0.29, 0.717) is 0 Å². The lowest BCUT2D eigenvalue weighted by molar-refractivity contribution is 0.166. The Bertz CT molecular complexity index is 373. The molecule has 1 nitrogen and oxygen atoms in total. The maximum Gasteiger partial charge on any atom is 0.0790 e. The lowest BCUT2D eigenvalue weighted by atomic mass is 9.80. The predicted molar refractivity (Wildman–Crippen MR) is 85.8 cm³/mol. The molecule has 1 heteroatoms. The van der Waals surface area contributed by atoms with Crippen LogP contribution >= 0.6 is 0 Å². The third-order valence-electron chi connectivity index (χ3n) is 4.90. The average Bonchev–Trinajstić information content (AvgIpc) is 2.47. The van der Waals surface area contributed by atoms with Crippen LogP contribution in [-0.4, -0.2) is 5.11 Å². The molecule has 1 N–H and O–H groups in total. The minimum atomic E-state index is -0.283. The molecular weight excluding hydrogens is 244 g/mol. The highest BCUT2D eigenvalue weighted by Crippen LogP contribution is 2.31. The van der Waals surface area contributed by atoms with Crippen LogP contribution in [0.25, 0.3) is 0 Å². The van der Waals surface area contributed by atoms with Crippen molar-refractivity contribution in [1.82, 2.24) is 0 Å². The number of aliphatic hydroxyl groups excluding tert-OH is 1. The van der Waals surface area contributed by atoms with Gasteiger partial charge in [-0.1, -0.05) is 70.2 Å². The van der Waals surface area contributed by atoms with Crippen LogP contribution in [0.2, 0.25) is 0 Å². The predicted octanol–water partition coefficient (Wildman–Crippen LogP) is 5.28. The van der Waals surface area contributed by atoms with Gasteiger partial charge in [0, 0.05) is 0 Å². The summed E-state index contributed by atoms with van der Waals surface area (Å²) in [6.45, 7) is 4.50. The highest BCUT2D eigenvalue weighted by molar-refractivity contribution is 5.24. The first-order valence-corrected chi connectivity index (χ1v) is 8.46. The molecule has 1 saturated carbocycles. The summed E-state index contributed by atoms with van der Waals surface area (Å²) in [4.78, 5) is 0. The largest absolute Gasteiger partial charge is 0.388 e. The van der Waals surface area contributed by atoms with E-state index in [-0.39, 0.29) is 6.10 Å². The van der Waals surface area contributed by atoms with E-state index in [4.69, 9.17) is 0 Å². The van der Waals surface area contributed by atoms with Gasteiger partial charge < -0.3 is 5.11 Å². The second-order valence-corrected chi connectivity index (χ2v) is 6.71. The van der Waals surface area contributed by atoms with E-state index < -0.39 is 0 Å². The monoisotopic (exact) mass is 274 g/mol. The van der Waals surface area contributed by atoms with Crippen LogP contribution in [0.4, 0.5) is 0 Å². The minimum Gasteiger partial charge on any atom is -0.388 e. The van der Waals surface area contributed by atoms with Crippen molar-refractivity contribution in [3.05, 3.63) is 35.4 Å². The van der Waals surface area contributed by atoms with Gasteiger partial charge in [-0.25, -0.2) is 0 Å². The molecule has 1 aliphatic carbocycles. The third-order valence-corrected chi connectivity index (χ3v) is 4.90. The molecule has 0 amide bonds. The number of benzene rings is 1. The Morgan fingerprint density at radius 1 is 1.10 bits per heavy atom. The fourth-order valence-electron chi connectivity index (χ4n) is 3.34. The molecule has 0 aliphatic heterocycles. The van der Waals surface area contributed by atoms with Gasteiger partial charge in [-0.15, -0.1) is 0 Å². The first-order valence-electron chi connectivity index (χ1n) is 8.46. The molecule has 20 heavy (non-hydrogen) atoms. The third kappa shape index (κ3) is 4.63. The van der Waals surface area contributed by atoms with E-state index in [1.54, 1.807) is 0 Å². The molecule has 2 rings (SSSR count). The SMILES string of the molecule is CCCC(O)c1ccc(CCC2CCC(C)CC2)cc1. The van der Waals surface area contributed by atoms with E-state index in [2.05, 4.69) is 38.1 Å². The molecule has 0 spiro atoms. The molecule has 1 unspecified atom stereocenters. The molecular formula is C19H30O. The van der Waals surface area contributed by atoms with Crippen molar-refractivity contribution >= 4 is 0 Å². The number of hydrogen-bond acceptors (Lipinski definition) is 1. The summed E-state index contributed by atoms with van der Waals surface area (Å²) in [7, 11) is 0. The van der Waals surface area contributed by atoms with Gasteiger partial charge in [0.2, 0.25) is 0 Å². The summed E-state index contributed by atoms with van der Waals surface area (Å²) in [6.07, 6.45) is 9.84. The van der Waals surface area contributed by atoms with E-state index >= 15 is 0 Å². The van der Waals surface area contributed by atoms with Crippen LogP contribution in [0, 0.1) is 11.8 Å². The van der Waals surface area contributed by atoms with Gasteiger partial charge in [0.05, 0.1) is 6.10 Å². The summed E-state index contributed by atoms with van der Waals surface area (Å²) in [5.41, 5.74) is 2.50. The fraction of sp³-hybridized carbons (Fsp3) is 0.684. The van der Waals surface area contributed by atoms with Crippen LogP contribution in [-0.2, 0) is 6.42 Å². The quantitative estimate of drug-likeness (QED) is 0.748. The van der Waals surface area contributed by atoms with Gasteiger partial charge in [-0.2, -0.15) is 0 Å². The Hall–Kier alpha value is -0.820. The number of rotatable bonds is 6. The first-order chi connectivity index (χ1) is 9.69. The molecule has 0 heterocycles. The molecule has 0 radical (unpaired) electrons. The summed E-state index contributed by atoms with van der Waals surface area (Å²) in [5, 5.41) is 9.97. The molecule has 1 fully saturated rings. The van der Waals surface area contributed by atoms with Crippen LogP contribution in [0.5, 0.6) is 0 Å². The lowest BCUT2D eigenvalue weighted by Gasteiger charge is -2.26. The zero-order valence-electron chi connectivity index (χ0n) is 13.1. The Kier molecular flexibility index (Phi) is 6.09. The highest BCUT2D eigenvalue weighted by atomic mass is 16.3. The van der Waals surface area contributed by atoms with E-state index in [0.717, 1.165) is 30.2 Å². The Balaban J connectivity index is 1.79. The van der Waals surface area contributed by atoms with E-state index in [1.807, 2.05) is 0 Å². The topological polar surface area (TPSA) is 20.2 Å². The van der Waals surface area contributed by atoms with Crippen molar-refractivity contribution in [2.75, 3.05) is 0 Å². The fourth-order valence-corrected chi connectivity index (χ4v) is 3.34. The van der Waals surface area contributed by atoms with Gasteiger partial charge in [-0.05, 0) is 42.2 Å². The summed E-state index contributed by atoms with van der Waals surface area (Å²) < 4.78 is 0. The molecule has 112 valence electrons. The molecule has 0 aromatic heterocycles. The molecule has 1 atom stereocenters. The van der Waals surface area contributed by atoms with Crippen molar-refractivity contribution < 1.29 is 5.11 Å². The first kappa shape index (κ1) is 15.6. The van der Waals surface area contributed by atoms with Gasteiger partial charge >= 0.3 is 0 Å². The van der Waals surface area contributed by atoms with Crippen molar-refractivity contribution in [2.45, 2.75) is 71.3 Å². The molecule has 1 aromatic carbocycles. The van der Waals surface area contributed by atoms with Crippen molar-refractivity contribution in [3.63, 3.8) is 0 Å². The molecule has 1 aliphatic rings. The van der Waals surface area contributed by atoms with Crippen LogP contribution in [0.15, 0.2) is 24.3 Å². The van der Waals surface area contributed by atoms with Crippen LogP contribution in [0.3, 0.4) is 0 Å². The number of hydrogen-bond donors (Lipinski definition) is 1. The van der Waals surface area contributed by atoms with E-state index in [1.165, 1.54) is 44.1 Å². The Morgan fingerprint density at radius 3 is 2.35 bits per heavy atom.